The molecule has 0 radical (unpaired) electrons. The Kier molecular flexibility index (Phi) is 2.62. The summed E-state index contributed by atoms with van der Waals surface area (Å²) in [6.45, 7) is 8.58. The van der Waals surface area contributed by atoms with E-state index in [0.29, 0.717) is 10.6 Å². The molecule has 0 aliphatic heterocycles. The van der Waals surface area contributed by atoms with Gasteiger partial charge in [-0.25, -0.2) is 0 Å². The third kappa shape index (κ3) is 1.58. The van der Waals surface area contributed by atoms with Gasteiger partial charge < -0.3 is 0 Å². The fraction of sp³-hybridized carbons (Fsp3) is 0.500. The quantitative estimate of drug-likeness (QED) is 0.676. The molecule has 0 amide bonds. The third-order valence-electron chi connectivity index (χ3n) is 3.71. The van der Waals surface area contributed by atoms with E-state index in [-0.39, 0.29) is 5.41 Å². The van der Waals surface area contributed by atoms with Gasteiger partial charge in [-0.1, -0.05) is 25.4 Å². The van der Waals surface area contributed by atoms with Crippen LogP contribution in [0.15, 0.2) is 0 Å². The van der Waals surface area contributed by atoms with Crippen molar-refractivity contribution in [1.29, 1.82) is 0 Å². The summed E-state index contributed by atoms with van der Waals surface area (Å²) in [5, 5.41) is 0.679. The summed E-state index contributed by atoms with van der Waals surface area (Å²) in [6.07, 6.45) is 2.92. The number of halogens is 1. The van der Waals surface area contributed by atoms with Crippen molar-refractivity contribution in [3.05, 3.63) is 32.8 Å². The van der Waals surface area contributed by atoms with E-state index in [1.54, 1.807) is 0 Å². The van der Waals surface area contributed by atoms with Gasteiger partial charge in [-0.05, 0) is 54.4 Å². The molecule has 0 atom stereocenters. The number of carbonyl (C=O) groups excluding carboxylic acids is 1. The zero-order valence-electron chi connectivity index (χ0n) is 10.3. The standard InChI is InChI=1S/C14H17ClO/c1-8-9(2)12(7-16)13(15)11-6-14(3,4)5-10(8)11/h7H,5-6H2,1-4H3. The van der Waals surface area contributed by atoms with Crippen LogP contribution in [-0.4, -0.2) is 6.29 Å². The first-order valence-corrected chi connectivity index (χ1v) is 6.01. The maximum Gasteiger partial charge on any atom is 0.151 e. The molecule has 1 aromatic carbocycles. The molecule has 86 valence electrons. The molecular formula is C14H17ClO. The Morgan fingerprint density at radius 2 is 1.69 bits per heavy atom. The SMILES string of the molecule is Cc1c(C)c2c(c(Cl)c1C=O)CC(C)(C)C2. The minimum absolute atomic E-state index is 0.269. The molecule has 2 heteroatoms. The van der Waals surface area contributed by atoms with Gasteiger partial charge in [0.1, 0.15) is 0 Å². The van der Waals surface area contributed by atoms with Crippen molar-refractivity contribution in [2.24, 2.45) is 5.41 Å². The minimum Gasteiger partial charge on any atom is -0.298 e. The molecule has 1 aromatic rings. The molecule has 0 fully saturated rings. The largest absolute Gasteiger partial charge is 0.298 e. The van der Waals surface area contributed by atoms with E-state index in [0.717, 1.165) is 24.7 Å². The molecule has 0 unspecified atom stereocenters. The van der Waals surface area contributed by atoms with Crippen LogP contribution in [0.3, 0.4) is 0 Å². The number of fused-ring (bicyclic) bond motifs is 1. The lowest BCUT2D eigenvalue weighted by atomic mass is 9.90. The van der Waals surface area contributed by atoms with Gasteiger partial charge in [0.25, 0.3) is 0 Å². The van der Waals surface area contributed by atoms with Gasteiger partial charge in [0.15, 0.2) is 6.29 Å². The molecule has 1 nitrogen and oxygen atoms in total. The van der Waals surface area contributed by atoms with Crippen LogP contribution in [0.1, 0.15) is 46.5 Å². The van der Waals surface area contributed by atoms with E-state index in [1.165, 1.54) is 16.7 Å². The van der Waals surface area contributed by atoms with Gasteiger partial charge in [0, 0.05) is 5.56 Å². The Morgan fingerprint density at radius 1 is 1.12 bits per heavy atom. The van der Waals surface area contributed by atoms with Crippen molar-refractivity contribution >= 4 is 17.9 Å². The lowest BCUT2D eigenvalue weighted by Gasteiger charge is -2.15. The fourth-order valence-electron chi connectivity index (χ4n) is 2.70. The summed E-state index contributed by atoms with van der Waals surface area (Å²) < 4.78 is 0. The fourth-order valence-corrected chi connectivity index (χ4v) is 3.06. The average molecular weight is 237 g/mol. The Bertz CT molecular complexity index is 472. The second kappa shape index (κ2) is 3.59. The highest BCUT2D eigenvalue weighted by Gasteiger charge is 2.33. The monoisotopic (exact) mass is 236 g/mol. The lowest BCUT2D eigenvalue weighted by molar-refractivity contribution is 0.112. The zero-order chi connectivity index (χ0) is 12.1. The Labute approximate surface area is 102 Å². The smallest absolute Gasteiger partial charge is 0.151 e. The molecule has 0 saturated heterocycles. The Balaban J connectivity index is 2.73. The predicted octanol–water partition coefficient (Wildman–Crippen LogP) is 3.89. The summed E-state index contributed by atoms with van der Waals surface area (Å²) >= 11 is 6.33. The number of aldehydes is 1. The van der Waals surface area contributed by atoms with Crippen molar-refractivity contribution in [3.8, 4) is 0 Å². The lowest BCUT2D eigenvalue weighted by Crippen LogP contribution is -2.09. The second-order valence-corrected chi connectivity index (χ2v) is 5.95. The van der Waals surface area contributed by atoms with Crippen LogP contribution in [0.4, 0.5) is 0 Å². The number of hydrogen-bond acceptors (Lipinski definition) is 1. The highest BCUT2D eigenvalue weighted by Crippen LogP contribution is 2.43. The van der Waals surface area contributed by atoms with Crippen LogP contribution in [0.5, 0.6) is 0 Å². The third-order valence-corrected chi connectivity index (χ3v) is 4.15. The maximum atomic E-state index is 11.1. The summed E-state index contributed by atoms with van der Waals surface area (Å²) in [6, 6.07) is 0. The van der Waals surface area contributed by atoms with E-state index >= 15 is 0 Å². The summed E-state index contributed by atoms with van der Waals surface area (Å²) in [7, 11) is 0. The van der Waals surface area contributed by atoms with E-state index in [9.17, 15) is 4.79 Å². The highest BCUT2D eigenvalue weighted by atomic mass is 35.5. The van der Waals surface area contributed by atoms with E-state index in [4.69, 9.17) is 11.6 Å². The molecule has 0 bridgehead atoms. The van der Waals surface area contributed by atoms with Crippen LogP contribution >= 0.6 is 11.6 Å². The molecule has 2 rings (SSSR count). The molecule has 0 aromatic heterocycles. The molecule has 16 heavy (non-hydrogen) atoms. The number of hydrogen-bond donors (Lipinski definition) is 0. The average Bonchev–Trinajstić information content (AvgIpc) is 2.52. The van der Waals surface area contributed by atoms with Crippen LogP contribution in [0.25, 0.3) is 0 Å². The van der Waals surface area contributed by atoms with Gasteiger partial charge >= 0.3 is 0 Å². The topological polar surface area (TPSA) is 17.1 Å². The first-order chi connectivity index (χ1) is 7.37. The molecule has 0 spiro atoms. The summed E-state index contributed by atoms with van der Waals surface area (Å²) in [5.41, 5.74) is 5.78. The van der Waals surface area contributed by atoms with Crippen LogP contribution < -0.4 is 0 Å². The van der Waals surface area contributed by atoms with Gasteiger partial charge in [0.2, 0.25) is 0 Å². The molecule has 0 N–H and O–H groups in total. The van der Waals surface area contributed by atoms with Crippen molar-refractivity contribution in [1.82, 2.24) is 0 Å². The first kappa shape index (κ1) is 11.7. The number of benzene rings is 1. The second-order valence-electron chi connectivity index (χ2n) is 5.57. The van der Waals surface area contributed by atoms with Crippen molar-refractivity contribution in [2.45, 2.75) is 40.5 Å². The van der Waals surface area contributed by atoms with Crippen LogP contribution in [-0.2, 0) is 12.8 Å². The number of carbonyl (C=O) groups is 1. The van der Waals surface area contributed by atoms with E-state index in [1.807, 2.05) is 6.92 Å². The summed E-state index contributed by atoms with van der Waals surface area (Å²) in [4.78, 5) is 11.1. The minimum atomic E-state index is 0.269. The van der Waals surface area contributed by atoms with Crippen molar-refractivity contribution < 1.29 is 4.79 Å². The van der Waals surface area contributed by atoms with Crippen molar-refractivity contribution in [2.75, 3.05) is 0 Å². The van der Waals surface area contributed by atoms with Gasteiger partial charge in [0.05, 0.1) is 5.02 Å². The summed E-state index contributed by atoms with van der Waals surface area (Å²) in [5.74, 6) is 0. The van der Waals surface area contributed by atoms with Crippen LogP contribution in [0, 0.1) is 19.3 Å². The van der Waals surface area contributed by atoms with Crippen LogP contribution in [0.2, 0.25) is 5.02 Å². The predicted molar refractivity (Wildman–Crippen MR) is 67.5 cm³/mol. The zero-order valence-corrected chi connectivity index (χ0v) is 11.0. The van der Waals surface area contributed by atoms with E-state index in [2.05, 4.69) is 20.8 Å². The maximum absolute atomic E-state index is 11.1. The van der Waals surface area contributed by atoms with Crippen molar-refractivity contribution in [3.63, 3.8) is 0 Å². The molecule has 1 aliphatic rings. The molecule has 0 saturated carbocycles. The highest BCUT2D eigenvalue weighted by molar-refractivity contribution is 6.34. The molecule has 0 heterocycles. The normalized spacial score (nSPS) is 17.3. The van der Waals surface area contributed by atoms with Gasteiger partial charge in [-0.15, -0.1) is 0 Å². The molecular weight excluding hydrogens is 220 g/mol. The first-order valence-electron chi connectivity index (χ1n) is 5.63. The Hall–Kier alpha value is -0.820. The Morgan fingerprint density at radius 3 is 2.25 bits per heavy atom. The van der Waals surface area contributed by atoms with Gasteiger partial charge in [-0.2, -0.15) is 0 Å². The molecule has 1 aliphatic carbocycles. The number of rotatable bonds is 1. The van der Waals surface area contributed by atoms with E-state index < -0.39 is 0 Å². The van der Waals surface area contributed by atoms with Gasteiger partial charge in [-0.3, -0.25) is 4.79 Å².